The molecule has 2 aliphatic heterocycles. The van der Waals surface area contributed by atoms with Gasteiger partial charge in [0.1, 0.15) is 16.4 Å². The maximum atomic E-state index is 13.6. The maximum absolute atomic E-state index is 13.6. The second-order valence-electron chi connectivity index (χ2n) is 11.5. The van der Waals surface area contributed by atoms with Crippen LogP contribution in [-0.4, -0.2) is 79.9 Å². The topological polar surface area (TPSA) is 98.8 Å². The number of hydrogen-bond donors (Lipinski definition) is 2. The molecule has 2 saturated heterocycles. The molecule has 2 saturated carbocycles. The lowest BCUT2D eigenvalue weighted by molar-refractivity contribution is -0.122. The highest BCUT2D eigenvalue weighted by Crippen LogP contribution is 2.47. The molecule has 2 N–H and O–H groups in total. The minimum Gasteiger partial charge on any atom is -0.352 e. The molecule has 0 atom stereocenters. The molecule has 4 aliphatic rings. The van der Waals surface area contributed by atoms with Gasteiger partial charge in [0.2, 0.25) is 5.91 Å². The van der Waals surface area contributed by atoms with Crippen molar-refractivity contribution in [2.24, 2.45) is 5.92 Å². The largest absolute Gasteiger partial charge is 0.352 e. The normalized spacial score (nSPS) is 28.3. The van der Waals surface area contributed by atoms with Crippen molar-refractivity contribution in [2.45, 2.75) is 74.9 Å². The second-order valence-corrected chi connectivity index (χ2v) is 13.8. The first kappa shape index (κ1) is 25.5. The van der Waals surface area contributed by atoms with E-state index in [4.69, 9.17) is 0 Å². The molecule has 0 unspecified atom stereocenters. The van der Waals surface area contributed by atoms with Crippen molar-refractivity contribution in [2.75, 3.05) is 38.2 Å². The van der Waals surface area contributed by atoms with E-state index in [1.165, 1.54) is 24.8 Å². The first-order valence-electron chi connectivity index (χ1n) is 13.6. The second kappa shape index (κ2) is 9.97. The number of nitrogens with one attached hydrogen (secondary N) is 2. The standard InChI is InChI=1S/C27H40N4O4S/c1-28-27(22-8-3-2-4-9-22)14-12-26(13-15-27)20-30(25(33)31(26)18-21-6-5-7-21)19-24(32)29-23-10-16-36(34,35)17-11-23/h2-4,8-9,21,23,28H,5-7,10-20H2,1H3,(H,29,32)/t26-,27+. The average Bonchev–Trinajstić information content (AvgIpc) is 3.09. The summed E-state index contributed by atoms with van der Waals surface area (Å²) in [6.07, 6.45) is 8.18. The summed E-state index contributed by atoms with van der Waals surface area (Å²) in [7, 11) is -0.945. The van der Waals surface area contributed by atoms with Crippen molar-refractivity contribution in [1.29, 1.82) is 0 Å². The van der Waals surface area contributed by atoms with Gasteiger partial charge < -0.3 is 20.4 Å². The van der Waals surface area contributed by atoms with E-state index in [2.05, 4.69) is 39.8 Å². The summed E-state index contributed by atoms with van der Waals surface area (Å²) in [4.78, 5) is 30.4. The number of carbonyl (C=O) groups excluding carboxylic acids is 2. The predicted octanol–water partition coefficient (Wildman–Crippen LogP) is 2.65. The van der Waals surface area contributed by atoms with E-state index in [1.807, 2.05) is 13.1 Å². The Labute approximate surface area is 215 Å². The summed E-state index contributed by atoms with van der Waals surface area (Å²) in [6.45, 7) is 1.41. The summed E-state index contributed by atoms with van der Waals surface area (Å²) >= 11 is 0. The van der Waals surface area contributed by atoms with Crippen LogP contribution < -0.4 is 10.6 Å². The zero-order valence-corrected chi connectivity index (χ0v) is 22.2. The average molecular weight is 517 g/mol. The van der Waals surface area contributed by atoms with Gasteiger partial charge in [-0.1, -0.05) is 36.8 Å². The van der Waals surface area contributed by atoms with Crippen molar-refractivity contribution in [3.8, 4) is 0 Å². The van der Waals surface area contributed by atoms with Crippen LogP contribution >= 0.6 is 0 Å². The van der Waals surface area contributed by atoms with Gasteiger partial charge in [-0.05, 0) is 69.9 Å². The monoisotopic (exact) mass is 516 g/mol. The van der Waals surface area contributed by atoms with Crippen LogP contribution in [0.25, 0.3) is 0 Å². The van der Waals surface area contributed by atoms with Crippen LogP contribution in [-0.2, 0) is 20.2 Å². The van der Waals surface area contributed by atoms with Gasteiger partial charge in [-0.2, -0.15) is 0 Å². The molecule has 2 aliphatic carbocycles. The minimum absolute atomic E-state index is 0.0139. The lowest BCUT2D eigenvalue weighted by Gasteiger charge is -2.49. The molecule has 1 aromatic carbocycles. The summed E-state index contributed by atoms with van der Waals surface area (Å²) < 4.78 is 23.4. The van der Waals surface area contributed by atoms with Crippen molar-refractivity contribution in [3.05, 3.63) is 35.9 Å². The van der Waals surface area contributed by atoms with Crippen LogP contribution in [0.5, 0.6) is 0 Å². The van der Waals surface area contributed by atoms with E-state index in [9.17, 15) is 18.0 Å². The van der Waals surface area contributed by atoms with E-state index >= 15 is 0 Å². The number of hydrogen-bond acceptors (Lipinski definition) is 5. The number of benzene rings is 1. The predicted molar refractivity (Wildman–Crippen MR) is 139 cm³/mol. The number of nitrogens with zero attached hydrogens (tertiary/aromatic N) is 2. The van der Waals surface area contributed by atoms with Crippen LogP contribution in [0.1, 0.15) is 63.4 Å². The van der Waals surface area contributed by atoms with Crippen LogP contribution in [0, 0.1) is 5.92 Å². The highest BCUT2D eigenvalue weighted by atomic mass is 32.2. The quantitative estimate of drug-likeness (QED) is 0.581. The molecule has 0 aromatic heterocycles. The fourth-order valence-electron chi connectivity index (χ4n) is 6.70. The third-order valence-corrected chi connectivity index (χ3v) is 11.0. The van der Waals surface area contributed by atoms with Crippen molar-refractivity contribution >= 4 is 21.8 Å². The van der Waals surface area contributed by atoms with Crippen LogP contribution in [0.4, 0.5) is 4.79 Å². The summed E-state index contributed by atoms with van der Waals surface area (Å²) in [6, 6.07) is 10.4. The van der Waals surface area contributed by atoms with Crippen LogP contribution in [0.2, 0.25) is 0 Å². The SMILES string of the molecule is CN[C@]1(c2ccccc2)CC[C@]2(CC1)CN(CC(=O)NC1CCS(=O)(=O)CC1)C(=O)N2CC1CCC1. The smallest absolute Gasteiger partial charge is 0.321 e. The first-order valence-corrected chi connectivity index (χ1v) is 15.4. The Morgan fingerprint density at radius 2 is 1.69 bits per heavy atom. The van der Waals surface area contributed by atoms with E-state index in [0.717, 1.165) is 32.2 Å². The fraction of sp³-hybridized carbons (Fsp3) is 0.704. The van der Waals surface area contributed by atoms with E-state index in [0.29, 0.717) is 25.3 Å². The van der Waals surface area contributed by atoms with Crippen LogP contribution in [0.3, 0.4) is 0 Å². The van der Waals surface area contributed by atoms with Crippen LogP contribution in [0.15, 0.2) is 30.3 Å². The molecule has 4 fully saturated rings. The van der Waals surface area contributed by atoms with Crippen molar-refractivity contribution < 1.29 is 18.0 Å². The lowest BCUT2D eigenvalue weighted by Crippen LogP contribution is -2.56. The first-order chi connectivity index (χ1) is 17.2. The number of sulfone groups is 1. The molecule has 36 heavy (non-hydrogen) atoms. The molecule has 5 rings (SSSR count). The Morgan fingerprint density at radius 1 is 1.03 bits per heavy atom. The highest BCUT2D eigenvalue weighted by molar-refractivity contribution is 7.91. The molecular formula is C27H40N4O4S. The number of urea groups is 1. The summed E-state index contributed by atoms with van der Waals surface area (Å²) in [5.74, 6) is 0.618. The van der Waals surface area contributed by atoms with Crippen molar-refractivity contribution in [3.63, 3.8) is 0 Å². The van der Waals surface area contributed by atoms with Gasteiger partial charge in [0.15, 0.2) is 0 Å². The molecule has 9 heteroatoms. The minimum atomic E-state index is -2.98. The van der Waals surface area contributed by atoms with E-state index in [-0.39, 0.29) is 47.1 Å². The Bertz CT molecular complexity index is 1050. The molecule has 0 radical (unpaired) electrons. The number of rotatable bonds is 7. The van der Waals surface area contributed by atoms with Gasteiger partial charge in [-0.25, -0.2) is 13.2 Å². The molecule has 198 valence electrons. The Morgan fingerprint density at radius 3 is 2.28 bits per heavy atom. The van der Waals surface area contributed by atoms with Gasteiger partial charge in [0.05, 0.1) is 17.0 Å². The fourth-order valence-corrected chi connectivity index (χ4v) is 8.19. The Balaban J connectivity index is 1.28. The molecule has 3 amide bonds. The van der Waals surface area contributed by atoms with E-state index < -0.39 is 9.84 Å². The van der Waals surface area contributed by atoms with Crippen molar-refractivity contribution in [1.82, 2.24) is 20.4 Å². The Hall–Kier alpha value is -2.13. The number of amides is 3. The van der Waals surface area contributed by atoms with Gasteiger partial charge >= 0.3 is 6.03 Å². The highest BCUT2D eigenvalue weighted by Gasteiger charge is 2.54. The Kier molecular flexibility index (Phi) is 7.07. The summed E-state index contributed by atoms with van der Waals surface area (Å²) in [5.41, 5.74) is 0.966. The number of carbonyl (C=O) groups is 2. The molecule has 8 nitrogen and oxygen atoms in total. The zero-order chi connectivity index (χ0) is 25.4. The van der Waals surface area contributed by atoms with Gasteiger partial charge in [-0.3, -0.25) is 4.79 Å². The van der Waals surface area contributed by atoms with E-state index in [1.54, 1.807) is 4.90 Å². The third-order valence-electron chi connectivity index (χ3n) is 9.32. The van der Waals surface area contributed by atoms with Gasteiger partial charge in [-0.15, -0.1) is 0 Å². The zero-order valence-electron chi connectivity index (χ0n) is 21.4. The van der Waals surface area contributed by atoms with Gasteiger partial charge in [0, 0.05) is 24.7 Å². The molecule has 1 aromatic rings. The molecule has 0 bridgehead atoms. The third kappa shape index (κ3) is 5.01. The molecule has 1 spiro atoms. The summed E-state index contributed by atoms with van der Waals surface area (Å²) in [5, 5.41) is 6.59. The maximum Gasteiger partial charge on any atom is 0.321 e. The lowest BCUT2D eigenvalue weighted by atomic mass is 9.68. The molecule has 2 heterocycles. The van der Waals surface area contributed by atoms with Gasteiger partial charge in [0.25, 0.3) is 0 Å². The molecular weight excluding hydrogens is 476 g/mol.